The van der Waals surface area contributed by atoms with Crippen LogP contribution in [0.5, 0.6) is 5.75 Å². The summed E-state index contributed by atoms with van der Waals surface area (Å²) in [6.07, 6.45) is 3.02. The minimum Gasteiger partial charge on any atom is -0.495 e. The van der Waals surface area contributed by atoms with E-state index in [1.165, 1.54) is 18.0 Å². The molecule has 0 aliphatic carbocycles. The first-order valence-corrected chi connectivity index (χ1v) is 9.38. The van der Waals surface area contributed by atoms with E-state index in [0.717, 1.165) is 11.3 Å². The molecule has 2 aromatic heterocycles. The van der Waals surface area contributed by atoms with Gasteiger partial charge in [-0.15, -0.1) is 6.58 Å². The lowest BCUT2D eigenvalue weighted by Crippen LogP contribution is -2.27. The molecule has 0 radical (unpaired) electrons. The van der Waals surface area contributed by atoms with Crippen LogP contribution in [-0.4, -0.2) is 27.1 Å². The second-order valence-corrected chi connectivity index (χ2v) is 7.57. The van der Waals surface area contributed by atoms with Gasteiger partial charge >= 0.3 is 0 Å². The summed E-state index contributed by atoms with van der Waals surface area (Å²) in [4.78, 5) is 29.4. The number of anilines is 1. The van der Waals surface area contributed by atoms with Crippen LogP contribution in [0.4, 0.5) is 5.69 Å². The molecule has 1 amide bonds. The molecule has 0 aliphatic rings. The van der Waals surface area contributed by atoms with Crippen LogP contribution in [0, 0.1) is 3.95 Å². The van der Waals surface area contributed by atoms with Gasteiger partial charge in [0, 0.05) is 11.6 Å². The topological polar surface area (TPSA) is 78.2 Å². The van der Waals surface area contributed by atoms with Crippen molar-refractivity contribution in [2.75, 3.05) is 12.4 Å². The van der Waals surface area contributed by atoms with E-state index < -0.39 is 5.91 Å². The highest BCUT2D eigenvalue weighted by atomic mass is 35.5. The van der Waals surface area contributed by atoms with E-state index in [1.54, 1.807) is 28.8 Å². The molecular formula is C17H15ClN4O3S2. The lowest BCUT2D eigenvalue weighted by atomic mass is 10.3. The Bertz CT molecular complexity index is 1150. The van der Waals surface area contributed by atoms with Crippen LogP contribution in [0.3, 0.4) is 0 Å². The number of halogens is 1. The number of rotatable bonds is 6. The Morgan fingerprint density at radius 2 is 2.30 bits per heavy atom. The number of benzene rings is 1. The molecule has 0 bridgehead atoms. The van der Waals surface area contributed by atoms with E-state index >= 15 is 0 Å². The van der Waals surface area contributed by atoms with Crippen molar-refractivity contribution in [1.29, 1.82) is 0 Å². The zero-order valence-corrected chi connectivity index (χ0v) is 16.7. The smallest absolute Gasteiger partial charge is 0.273 e. The third kappa shape index (κ3) is 3.95. The maximum absolute atomic E-state index is 12.7. The fourth-order valence-electron chi connectivity index (χ4n) is 2.50. The molecule has 1 N–H and O–H groups in total. The third-order valence-electron chi connectivity index (χ3n) is 3.70. The van der Waals surface area contributed by atoms with Gasteiger partial charge in [0.05, 0.1) is 12.8 Å². The average molecular weight is 423 g/mol. The van der Waals surface area contributed by atoms with E-state index in [4.69, 9.17) is 28.6 Å². The molecule has 7 nitrogen and oxygen atoms in total. The Hall–Kier alpha value is -2.49. The van der Waals surface area contributed by atoms with Crippen LogP contribution in [-0.2, 0) is 17.9 Å². The summed E-state index contributed by atoms with van der Waals surface area (Å²) < 4.78 is 9.09. The van der Waals surface area contributed by atoms with Gasteiger partial charge in [-0.1, -0.05) is 29.0 Å². The number of carbonyl (C=O) groups excluding carboxylic acids is 1. The van der Waals surface area contributed by atoms with Crippen LogP contribution in [0.25, 0.3) is 10.3 Å². The van der Waals surface area contributed by atoms with E-state index in [0.29, 0.717) is 37.3 Å². The number of hydrogen-bond acceptors (Lipinski definition) is 6. The monoisotopic (exact) mass is 422 g/mol. The average Bonchev–Trinajstić information content (AvgIpc) is 2.95. The Morgan fingerprint density at radius 3 is 3.00 bits per heavy atom. The van der Waals surface area contributed by atoms with Crippen LogP contribution < -0.4 is 15.6 Å². The molecule has 0 spiro atoms. The maximum atomic E-state index is 12.7. The van der Waals surface area contributed by atoms with Crippen molar-refractivity contribution in [2.45, 2.75) is 13.1 Å². The number of methoxy groups -OCH3 is 1. The second kappa shape index (κ2) is 8.03. The first-order chi connectivity index (χ1) is 12.9. The lowest BCUT2D eigenvalue weighted by molar-refractivity contribution is -0.116. The molecular weight excluding hydrogens is 408 g/mol. The van der Waals surface area contributed by atoms with Crippen molar-refractivity contribution in [1.82, 2.24) is 14.1 Å². The maximum Gasteiger partial charge on any atom is 0.273 e. The molecule has 0 unspecified atom stereocenters. The van der Waals surface area contributed by atoms with Gasteiger partial charge in [0.2, 0.25) is 5.91 Å². The molecule has 0 atom stereocenters. The summed E-state index contributed by atoms with van der Waals surface area (Å²) >= 11 is 12.4. The summed E-state index contributed by atoms with van der Waals surface area (Å²) in [5.41, 5.74) is 0.583. The number of thiazole rings is 1. The largest absolute Gasteiger partial charge is 0.495 e. The number of amides is 1. The van der Waals surface area contributed by atoms with Gasteiger partial charge in [-0.2, -0.15) is 0 Å². The van der Waals surface area contributed by atoms with E-state index in [-0.39, 0.29) is 12.1 Å². The number of nitrogens with zero attached hydrogens (tertiary/aromatic N) is 3. The Morgan fingerprint density at radius 1 is 1.52 bits per heavy atom. The summed E-state index contributed by atoms with van der Waals surface area (Å²) in [7, 11) is 1.49. The number of carbonyl (C=O) groups is 1. The Kier molecular flexibility index (Phi) is 5.73. The fraction of sp³-hybridized carbons (Fsp3) is 0.176. The van der Waals surface area contributed by atoms with Crippen molar-refractivity contribution < 1.29 is 9.53 Å². The van der Waals surface area contributed by atoms with Gasteiger partial charge in [0.1, 0.15) is 23.3 Å². The van der Waals surface area contributed by atoms with Crippen LogP contribution >= 0.6 is 35.2 Å². The summed E-state index contributed by atoms with van der Waals surface area (Å²) in [6, 6.07) is 4.87. The SMILES string of the molecule is C=CCn1c(=S)sc2c(=O)n(CC(=O)Nc3cc(Cl)ccc3OC)cnc21. The predicted octanol–water partition coefficient (Wildman–Crippen LogP) is 3.48. The van der Waals surface area contributed by atoms with Gasteiger partial charge in [0.25, 0.3) is 5.56 Å². The highest BCUT2D eigenvalue weighted by molar-refractivity contribution is 7.73. The first-order valence-electron chi connectivity index (χ1n) is 7.77. The molecule has 0 saturated heterocycles. The molecule has 140 valence electrons. The summed E-state index contributed by atoms with van der Waals surface area (Å²) in [6.45, 7) is 3.93. The minimum absolute atomic E-state index is 0.205. The second-order valence-electron chi connectivity index (χ2n) is 5.49. The molecule has 2 heterocycles. The predicted molar refractivity (Wildman–Crippen MR) is 110 cm³/mol. The molecule has 0 fully saturated rings. The summed E-state index contributed by atoms with van der Waals surface area (Å²) in [5.74, 6) is 0.0566. The minimum atomic E-state index is -0.409. The zero-order valence-electron chi connectivity index (χ0n) is 14.3. The van der Waals surface area contributed by atoms with Gasteiger partial charge < -0.3 is 14.6 Å². The molecule has 1 aromatic carbocycles. The number of fused-ring (bicyclic) bond motifs is 1. The first kappa shape index (κ1) is 19.3. The van der Waals surface area contributed by atoms with Crippen LogP contribution in [0.2, 0.25) is 5.02 Å². The molecule has 10 heteroatoms. The number of hydrogen-bond donors (Lipinski definition) is 1. The summed E-state index contributed by atoms with van der Waals surface area (Å²) in [5, 5.41) is 3.14. The Balaban J connectivity index is 1.89. The van der Waals surface area contributed by atoms with Crippen molar-refractivity contribution in [3.63, 3.8) is 0 Å². The van der Waals surface area contributed by atoms with Crippen LogP contribution in [0.15, 0.2) is 42.0 Å². The van der Waals surface area contributed by atoms with Crippen molar-refractivity contribution in [3.05, 3.63) is 56.5 Å². The van der Waals surface area contributed by atoms with Crippen molar-refractivity contribution >= 4 is 57.1 Å². The third-order valence-corrected chi connectivity index (χ3v) is 5.37. The van der Waals surface area contributed by atoms with Gasteiger partial charge in [0.15, 0.2) is 9.60 Å². The number of allylic oxidation sites excluding steroid dienone is 1. The molecule has 3 rings (SSSR count). The number of aromatic nitrogens is 3. The molecule has 3 aromatic rings. The number of ether oxygens (including phenoxy) is 1. The molecule has 0 saturated carbocycles. The van der Waals surface area contributed by atoms with Gasteiger partial charge in [-0.3, -0.25) is 14.2 Å². The Labute approximate surface area is 168 Å². The van der Waals surface area contributed by atoms with Crippen LogP contribution in [0.1, 0.15) is 0 Å². The van der Waals surface area contributed by atoms with Gasteiger partial charge in [-0.05, 0) is 30.4 Å². The number of nitrogens with one attached hydrogen (secondary N) is 1. The quantitative estimate of drug-likeness (QED) is 0.486. The zero-order chi connectivity index (χ0) is 19.6. The van der Waals surface area contributed by atoms with E-state index in [1.807, 2.05) is 0 Å². The highest BCUT2D eigenvalue weighted by Gasteiger charge is 2.14. The fourth-order valence-corrected chi connectivity index (χ4v) is 3.98. The standard InChI is InChI=1S/C17H15ClN4O3S2/c1-3-6-22-15-14(27-17(22)26)16(24)21(9-19-15)8-13(23)20-11-7-10(18)4-5-12(11)25-2/h3-5,7,9H,1,6,8H2,2H3,(H,20,23). The lowest BCUT2D eigenvalue weighted by Gasteiger charge is -2.11. The van der Waals surface area contributed by atoms with E-state index in [2.05, 4.69) is 16.9 Å². The van der Waals surface area contributed by atoms with Gasteiger partial charge in [-0.25, -0.2) is 4.98 Å². The van der Waals surface area contributed by atoms with Crippen molar-refractivity contribution in [2.24, 2.45) is 0 Å². The highest BCUT2D eigenvalue weighted by Crippen LogP contribution is 2.27. The molecule has 27 heavy (non-hydrogen) atoms. The van der Waals surface area contributed by atoms with E-state index in [9.17, 15) is 9.59 Å². The normalized spacial score (nSPS) is 10.7. The molecule has 0 aliphatic heterocycles. The van der Waals surface area contributed by atoms with Crippen molar-refractivity contribution in [3.8, 4) is 5.75 Å².